The van der Waals surface area contributed by atoms with Crippen molar-refractivity contribution in [1.29, 1.82) is 0 Å². The van der Waals surface area contributed by atoms with E-state index in [0.29, 0.717) is 19.4 Å². The maximum atomic E-state index is 12.7. The van der Waals surface area contributed by atoms with Gasteiger partial charge in [0.05, 0.1) is 19.6 Å². The number of hydrogen-bond acceptors (Lipinski definition) is 8. The minimum absolute atomic E-state index is 0.0194. The van der Waals surface area contributed by atoms with Crippen LogP contribution in [0.5, 0.6) is 0 Å². The summed E-state index contributed by atoms with van der Waals surface area (Å²) in [6, 6.07) is 0.0194. The van der Waals surface area contributed by atoms with Gasteiger partial charge in [-0.25, -0.2) is 9.78 Å². The number of ether oxygens (including phenoxy) is 3. The normalized spacial score (nSPS) is 19.1. The zero-order valence-corrected chi connectivity index (χ0v) is 17.6. The summed E-state index contributed by atoms with van der Waals surface area (Å²) in [4.78, 5) is 31.6. The zero-order valence-electron chi connectivity index (χ0n) is 16.8. The number of methoxy groups -OCH3 is 1. The Balaban J connectivity index is 2.11. The third-order valence-electron chi connectivity index (χ3n) is 4.19. The summed E-state index contributed by atoms with van der Waals surface area (Å²) in [7, 11) is 1.39. The number of thiazole rings is 1. The fourth-order valence-corrected chi connectivity index (χ4v) is 4.14. The Morgan fingerprint density at radius 3 is 2.78 bits per heavy atom. The molecule has 1 saturated heterocycles. The predicted octanol–water partition coefficient (Wildman–Crippen LogP) is 3.09. The van der Waals surface area contributed by atoms with Crippen LogP contribution in [0.3, 0.4) is 0 Å². The monoisotopic (exact) mass is 398 g/mol. The highest BCUT2D eigenvalue weighted by atomic mass is 32.1. The smallest absolute Gasteiger partial charge is 0.351 e. The molecule has 1 unspecified atom stereocenters. The molecule has 1 aliphatic heterocycles. The summed E-state index contributed by atoms with van der Waals surface area (Å²) in [5.74, 6) is -0.590. The fourth-order valence-electron chi connectivity index (χ4n) is 3.06. The quantitative estimate of drug-likeness (QED) is 0.623. The van der Waals surface area contributed by atoms with Crippen molar-refractivity contribution in [3.63, 3.8) is 0 Å². The predicted molar refractivity (Wildman–Crippen MR) is 102 cm³/mol. The van der Waals surface area contributed by atoms with Crippen molar-refractivity contribution >= 4 is 23.3 Å². The van der Waals surface area contributed by atoms with Crippen LogP contribution in [0.4, 0.5) is 0 Å². The zero-order chi connectivity index (χ0) is 20.0. The average molecular weight is 399 g/mol. The summed E-state index contributed by atoms with van der Waals surface area (Å²) in [5, 5.41) is 0.945. The second-order valence-corrected chi connectivity index (χ2v) is 8.62. The highest BCUT2D eigenvalue weighted by molar-refractivity contribution is 7.11. The van der Waals surface area contributed by atoms with Crippen LogP contribution in [0.15, 0.2) is 6.20 Å². The first-order chi connectivity index (χ1) is 12.7. The molecule has 0 saturated carbocycles. The molecule has 0 aromatic carbocycles. The lowest BCUT2D eigenvalue weighted by atomic mass is 10.2. The van der Waals surface area contributed by atoms with Gasteiger partial charge in [0.2, 0.25) is 6.23 Å². The molecule has 7 nitrogen and oxygen atoms in total. The Morgan fingerprint density at radius 2 is 2.15 bits per heavy atom. The summed E-state index contributed by atoms with van der Waals surface area (Å²) in [5.41, 5.74) is -0.566. The van der Waals surface area contributed by atoms with E-state index in [0.717, 1.165) is 29.3 Å². The third-order valence-corrected chi connectivity index (χ3v) is 5.35. The van der Waals surface area contributed by atoms with E-state index in [1.807, 2.05) is 38.8 Å². The van der Waals surface area contributed by atoms with E-state index in [-0.39, 0.29) is 18.0 Å². The van der Waals surface area contributed by atoms with Gasteiger partial charge in [0, 0.05) is 24.2 Å². The SMILES string of the molecule is CCOC(C(=O)OC(C)(C)C)N1CCC[C@H]1c1ncc(CCC(=O)OC)s1. The molecule has 0 spiro atoms. The molecule has 1 fully saturated rings. The molecule has 1 aliphatic rings. The maximum absolute atomic E-state index is 12.7. The Bertz CT molecular complexity index is 640. The number of aryl methyl sites for hydroxylation is 1. The number of carbonyl (C=O) groups excluding carboxylic acids is 2. The van der Waals surface area contributed by atoms with Crippen molar-refractivity contribution in [2.24, 2.45) is 0 Å². The Morgan fingerprint density at radius 1 is 1.41 bits per heavy atom. The maximum Gasteiger partial charge on any atom is 0.351 e. The number of esters is 2. The second kappa shape index (κ2) is 9.61. The summed E-state index contributed by atoms with van der Waals surface area (Å²) in [6.45, 7) is 8.61. The summed E-state index contributed by atoms with van der Waals surface area (Å²) in [6.07, 6.45) is 3.90. The third kappa shape index (κ3) is 6.26. The molecule has 2 rings (SSSR count). The van der Waals surface area contributed by atoms with E-state index in [4.69, 9.17) is 9.47 Å². The number of nitrogens with zero attached hydrogens (tertiary/aromatic N) is 2. The minimum atomic E-state index is -0.732. The number of carbonyl (C=O) groups is 2. The van der Waals surface area contributed by atoms with E-state index < -0.39 is 11.8 Å². The molecule has 2 atom stereocenters. The van der Waals surface area contributed by atoms with Crippen LogP contribution in [0, 0.1) is 0 Å². The number of rotatable bonds is 8. The number of aromatic nitrogens is 1. The van der Waals surface area contributed by atoms with Crippen LogP contribution in [-0.2, 0) is 30.2 Å². The molecule has 0 N–H and O–H groups in total. The lowest BCUT2D eigenvalue weighted by molar-refractivity contribution is -0.183. The van der Waals surface area contributed by atoms with E-state index in [9.17, 15) is 9.59 Å². The van der Waals surface area contributed by atoms with Gasteiger partial charge in [0.1, 0.15) is 10.6 Å². The lowest BCUT2D eigenvalue weighted by Crippen LogP contribution is -2.45. The molecule has 0 radical (unpaired) electrons. The molecule has 152 valence electrons. The molecular weight excluding hydrogens is 368 g/mol. The molecule has 0 aliphatic carbocycles. The standard InChI is InChI=1S/C19H30N2O5S/c1-6-25-17(18(23)26-19(2,3)4)21-11-7-8-14(21)16-20-12-13(27-16)9-10-15(22)24-5/h12,14,17H,6-11H2,1-5H3/t14-,17?/m0/s1. The van der Waals surface area contributed by atoms with Gasteiger partial charge in [-0.15, -0.1) is 11.3 Å². The first-order valence-electron chi connectivity index (χ1n) is 9.36. The van der Waals surface area contributed by atoms with Crippen LogP contribution in [-0.4, -0.2) is 53.9 Å². The van der Waals surface area contributed by atoms with Crippen LogP contribution < -0.4 is 0 Å². The second-order valence-electron chi connectivity index (χ2n) is 7.48. The van der Waals surface area contributed by atoms with Crippen LogP contribution >= 0.6 is 11.3 Å². The van der Waals surface area contributed by atoms with Gasteiger partial charge in [-0.1, -0.05) is 0 Å². The Hall–Kier alpha value is -1.51. The van der Waals surface area contributed by atoms with Crippen molar-refractivity contribution in [3.05, 3.63) is 16.1 Å². The first-order valence-corrected chi connectivity index (χ1v) is 10.2. The Kier molecular flexibility index (Phi) is 7.76. The topological polar surface area (TPSA) is 78.0 Å². The van der Waals surface area contributed by atoms with E-state index in [1.165, 1.54) is 7.11 Å². The fraction of sp³-hybridized carbons (Fsp3) is 0.737. The average Bonchev–Trinajstić information content (AvgIpc) is 3.24. The van der Waals surface area contributed by atoms with E-state index in [2.05, 4.69) is 9.72 Å². The van der Waals surface area contributed by atoms with Gasteiger partial charge < -0.3 is 14.2 Å². The van der Waals surface area contributed by atoms with Gasteiger partial charge in [-0.05, 0) is 47.0 Å². The van der Waals surface area contributed by atoms with Gasteiger partial charge in [0.25, 0.3) is 0 Å². The van der Waals surface area contributed by atoms with Gasteiger partial charge in [-0.3, -0.25) is 9.69 Å². The molecule has 27 heavy (non-hydrogen) atoms. The first kappa shape index (κ1) is 21.8. The summed E-state index contributed by atoms with van der Waals surface area (Å²) >= 11 is 1.58. The molecule has 0 bridgehead atoms. The van der Waals surface area contributed by atoms with Gasteiger partial charge >= 0.3 is 11.9 Å². The van der Waals surface area contributed by atoms with Crippen molar-refractivity contribution in [3.8, 4) is 0 Å². The van der Waals surface area contributed by atoms with Crippen molar-refractivity contribution in [2.75, 3.05) is 20.3 Å². The van der Waals surface area contributed by atoms with Crippen molar-refractivity contribution in [2.45, 2.75) is 71.2 Å². The molecule has 0 amide bonds. The van der Waals surface area contributed by atoms with Crippen LogP contribution in [0.2, 0.25) is 0 Å². The molecular formula is C19H30N2O5S. The van der Waals surface area contributed by atoms with Crippen molar-refractivity contribution in [1.82, 2.24) is 9.88 Å². The molecule has 8 heteroatoms. The van der Waals surface area contributed by atoms with Crippen LogP contribution in [0.1, 0.15) is 62.9 Å². The lowest BCUT2D eigenvalue weighted by Gasteiger charge is -2.32. The Labute approximate surface area is 165 Å². The van der Waals surface area contributed by atoms with E-state index in [1.54, 1.807) is 11.3 Å². The van der Waals surface area contributed by atoms with Gasteiger partial charge in [-0.2, -0.15) is 0 Å². The van der Waals surface area contributed by atoms with Crippen LogP contribution in [0.25, 0.3) is 0 Å². The molecule has 2 heterocycles. The molecule has 1 aromatic rings. The van der Waals surface area contributed by atoms with Gasteiger partial charge in [0.15, 0.2) is 0 Å². The number of likely N-dealkylation sites (tertiary alicyclic amines) is 1. The number of hydrogen-bond donors (Lipinski definition) is 0. The minimum Gasteiger partial charge on any atom is -0.469 e. The van der Waals surface area contributed by atoms with Crippen molar-refractivity contribution < 1.29 is 23.8 Å². The highest BCUT2D eigenvalue weighted by Crippen LogP contribution is 2.36. The summed E-state index contributed by atoms with van der Waals surface area (Å²) < 4.78 is 16.0. The highest BCUT2D eigenvalue weighted by Gasteiger charge is 2.39. The molecule has 1 aromatic heterocycles. The van der Waals surface area contributed by atoms with E-state index >= 15 is 0 Å². The largest absolute Gasteiger partial charge is 0.469 e.